The summed E-state index contributed by atoms with van der Waals surface area (Å²) in [6.45, 7) is 19.1. The molecule has 2 aromatic heterocycles. The Labute approximate surface area is 358 Å². The van der Waals surface area contributed by atoms with Gasteiger partial charge in [0.25, 0.3) is 0 Å². The van der Waals surface area contributed by atoms with Crippen molar-refractivity contribution in [3.63, 3.8) is 0 Å². The van der Waals surface area contributed by atoms with E-state index in [4.69, 9.17) is 5.73 Å². The quantitative estimate of drug-likeness (QED) is 0.179. The smallest absolute Gasteiger partial charge is 0.0566 e. The number of para-hydroxylation sites is 1. The molecule has 0 saturated heterocycles. The maximum Gasteiger partial charge on any atom is 0.0566 e. The average Bonchev–Trinajstić information content (AvgIpc) is 3.82. The molecule has 0 aliphatic heterocycles. The van der Waals surface area contributed by atoms with Crippen molar-refractivity contribution in [3.05, 3.63) is 191 Å². The van der Waals surface area contributed by atoms with Crippen molar-refractivity contribution < 1.29 is 0 Å². The van der Waals surface area contributed by atoms with Gasteiger partial charge in [0.1, 0.15) is 0 Å². The van der Waals surface area contributed by atoms with Crippen LogP contribution in [0, 0.1) is 0 Å². The van der Waals surface area contributed by atoms with Crippen molar-refractivity contribution in [2.75, 3.05) is 6.54 Å². The van der Waals surface area contributed by atoms with E-state index < -0.39 is 0 Å². The molecule has 1 aliphatic carbocycles. The largest absolute Gasteiger partial charge is 0.347 e. The van der Waals surface area contributed by atoms with E-state index >= 15 is 0 Å². The van der Waals surface area contributed by atoms with E-state index in [1.165, 1.54) is 87.2 Å². The summed E-state index contributed by atoms with van der Waals surface area (Å²) in [6.07, 6.45) is 7.70. The number of nitrogens with two attached hydrogens (primary N) is 1. The Hall–Kier alpha value is -5.74. The van der Waals surface area contributed by atoms with Gasteiger partial charge in [-0.15, -0.1) is 11.3 Å². The summed E-state index contributed by atoms with van der Waals surface area (Å²) in [6, 6.07) is 52.3. The number of fused-ring (bicyclic) bond motifs is 6. The Kier molecular flexibility index (Phi) is 16.4. The van der Waals surface area contributed by atoms with E-state index in [-0.39, 0.29) is 0 Å². The summed E-state index contributed by atoms with van der Waals surface area (Å²) in [7, 11) is 2.25. The molecular formula is C56H62N2S. The molecule has 6 aromatic carbocycles. The second-order valence-corrected chi connectivity index (χ2v) is 15.1. The predicted molar refractivity (Wildman–Crippen MR) is 265 cm³/mol. The fourth-order valence-electron chi connectivity index (χ4n) is 7.90. The first kappa shape index (κ1) is 44.4. The summed E-state index contributed by atoms with van der Waals surface area (Å²) < 4.78 is 3.82. The number of nitrogens with zero attached hydrogens (tertiary/aromatic N) is 1. The first-order chi connectivity index (χ1) is 29.0. The van der Waals surface area contributed by atoms with Gasteiger partial charge in [0.15, 0.2) is 0 Å². The van der Waals surface area contributed by atoms with Crippen LogP contribution in [0.5, 0.6) is 0 Å². The van der Waals surface area contributed by atoms with Crippen molar-refractivity contribution in [2.45, 2.75) is 67.7 Å². The molecule has 2 heterocycles. The molecule has 3 heteroatoms. The van der Waals surface area contributed by atoms with Crippen LogP contribution in [0.2, 0.25) is 0 Å². The van der Waals surface area contributed by atoms with Crippen molar-refractivity contribution in [2.24, 2.45) is 12.8 Å². The number of thiophene rings is 1. The standard InChI is InChI=1S/C36H31NS.C14H12.C2H7N.2C2H6/c1-4-10-29-31-22-25(18-20-34(31)38-33(29)5-2)24-12-8-13-26(21-24)28-15-9-16-30-35-27-14-7-6-11-23(27)17-19-32(35)37(3)36(28)30;1-12(13-8-4-2-5-9-13)14-10-6-3-7-11-14;1-2-3;2*1-2/h4,6-16,18,20-22H,5,17,19H2,1-3H3;2-11H,1H2;2-3H2,1H3;2*1-2H3/b10-4-;;;;. The number of aryl methyl sites for hydroxylation is 3. The lowest BCUT2D eigenvalue weighted by Gasteiger charge is -2.17. The highest BCUT2D eigenvalue weighted by Crippen LogP contribution is 2.44. The molecule has 1 aliphatic rings. The number of rotatable bonds is 6. The summed E-state index contributed by atoms with van der Waals surface area (Å²) >= 11 is 1.92. The van der Waals surface area contributed by atoms with Crippen molar-refractivity contribution >= 4 is 44.0 Å². The fraction of sp³-hybridized carbons (Fsp3) is 0.214. The second kappa shape index (κ2) is 21.9. The first-order valence-electron chi connectivity index (χ1n) is 21.4. The lowest BCUT2D eigenvalue weighted by atomic mass is 9.88. The molecule has 8 aromatic rings. The van der Waals surface area contributed by atoms with Gasteiger partial charge < -0.3 is 10.3 Å². The molecule has 302 valence electrons. The Balaban J connectivity index is 0.000000262. The fourth-order valence-corrected chi connectivity index (χ4v) is 9.01. The van der Waals surface area contributed by atoms with E-state index in [9.17, 15) is 0 Å². The molecule has 2 N–H and O–H groups in total. The van der Waals surface area contributed by atoms with Gasteiger partial charge in [-0.05, 0) is 101 Å². The summed E-state index contributed by atoms with van der Waals surface area (Å²) in [4.78, 5) is 1.46. The monoisotopic (exact) mass is 794 g/mol. The average molecular weight is 795 g/mol. The third kappa shape index (κ3) is 9.77. The maximum absolute atomic E-state index is 4.85. The second-order valence-electron chi connectivity index (χ2n) is 13.9. The van der Waals surface area contributed by atoms with Crippen molar-refractivity contribution in [1.82, 2.24) is 4.57 Å². The molecule has 59 heavy (non-hydrogen) atoms. The maximum atomic E-state index is 4.85. The summed E-state index contributed by atoms with van der Waals surface area (Å²) in [5, 5.41) is 2.73. The minimum atomic E-state index is 0.750. The third-order valence-corrected chi connectivity index (χ3v) is 11.8. The normalized spacial score (nSPS) is 11.1. The number of hydrogen-bond donors (Lipinski definition) is 1. The molecule has 0 spiro atoms. The van der Waals surface area contributed by atoms with E-state index in [1.54, 1.807) is 0 Å². The minimum Gasteiger partial charge on any atom is -0.347 e. The van der Waals surface area contributed by atoms with Gasteiger partial charge in [-0.2, -0.15) is 0 Å². The van der Waals surface area contributed by atoms with E-state index in [1.807, 2.05) is 82.4 Å². The van der Waals surface area contributed by atoms with Crippen LogP contribution in [-0.4, -0.2) is 11.1 Å². The SMILES string of the molecule is C/C=C\c1c(CC)sc2ccc(-c3cccc(-c4cccc5c6c(n(C)c45)CCc4ccccc4-6)c3)cc12.C=C(c1ccccc1)c1ccccc1.CC.CC.CCN. The van der Waals surface area contributed by atoms with E-state index in [0.717, 1.165) is 31.4 Å². The molecule has 0 saturated carbocycles. The van der Waals surface area contributed by atoms with Crippen molar-refractivity contribution in [3.8, 4) is 33.4 Å². The van der Waals surface area contributed by atoms with Gasteiger partial charge in [-0.3, -0.25) is 0 Å². The number of benzene rings is 6. The lowest BCUT2D eigenvalue weighted by Crippen LogP contribution is -2.06. The molecule has 0 unspecified atom stereocenters. The molecule has 0 fully saturated rings. The Morgan fingerprint density at radius 2 is 1.24 bits per heavy atom. The van der Waals surface area contributed by atoms with E-state index in [2.05, 4.69) is 153 Å². The predicted octanol–water partition coefficient (Wildman–Crippen LogP) is 15.9. The summed E-state index contributed by atoms with van der Waals surface area (Å²) in [5.41, 5.74) is 21.9. The summed E-state index contributed by atoms with van der Waals surface area (Å²) in [5.74, 6) is 0. The van der Waals surface area contributed by atoms with Crippen LogP contribution in [0.1, 0.15) is 81.3 Å². The lowest BCUT2D eigenvalue weighted by molar-refractivity contribution is 0.812. The number of hydrogen-bond acceptors (Lipinski definition) is 2. The Morgan fingerprint density at radius 3 is 1.88 bits per heavy atom. The van der Waals surface area contributed by atoms with Gasteiger partial charge in [0.05, 0.1) is 5.52 Å². The Morgan fingerprint density at radius 1 is 0.661 bits per heavy atom. The number of allylic oxidation sites excluding steroid dienone is 1. The van der Waals surface area contributed by atoms with Crippen LogP contribution in [0.25, 0.3) is 66.0 Å². The molecule has 0 amide bonds. The highest BCUT2D eigenvalue weighted by atomic mass is 32.1. The van der Waals surface area contributed by atoms with E-state index in [0.29, 0.717) is 0 Å². The van der Waals surface area contributed by atoms with Crippen molar-refractivity contribution in [1.29, 1.82) is 0 Å². The van der Waals surface area contributed by atoms with Gasteiger partial charge in [-0.25, -0.2) is 0 Å². The molecular weight excluding hydrogens is 733 g/mol. The topological polar surface area (TPSA) is 30.9 Å². The van der Waals surface area contributed by atoms with Gasteiger partial charge in [-0.1, -0.05) is 188 Å². The molecule has 9 rings (SSSR count). The molecule has 0 radical (unpaired) electrons. The first-order valence-corrected chi connectivity index (χ1v) is 22.3. The van der Waals surface area contributed by atoms with Gasteiger partial charge in [0, 0.05) is 44.2 Å². The van der Waals surface area contributed by atoms with Crippen LogP contribution in [0.15, 0.2) is 158 Å². The van der Waals surface area contributed by atoms with Crippen LogP contribution in [0.3, 0.4) is 0 Å². The Bertz CT molecular complexity index is 2560. The highest BCUT2D eigenvalue weighted by molar-refractivity contribution is 7.19. The molecule has 0 atom stereocenters. The number of aromatic nitrogens is 1. The zero-order chi connectivity index (χ0) is 42.3. The molecule has 2 nitrogen and oxygen atoms in total. The minimum absolute atomic E-state index is 0.750. The van der Waals surface area contributed by atoms with Gasteiger partial charge >= 0.3 is 0 Å². The van der Waals surface area contributed by atoms with Crippen LogP contribution >= 0.6 is 11.3 Å². The van der Waals surface area contributed by atoms with Crippen LogP contribution < -0.4 is 5.73 Å². The molecule has 0 bridgehead atoms. The van der Waals surface area contributed by atoms with Gasteiger partial charge in [0.2, 0.25) is 0 Å². The third-order valence-electron chi connectivity index (χ3n) is 10.5. The van der Waals surface area contributed by atoms with Crippen LogP contribution in [-0.2, 0) is 26.3 Å². The van der Waals surface area contributed by atoms with Crippen LogP contribution in [0.4, 0.5) is 0 Å². The highest BCUT2D eigenvalue weighted by Gasteiger charge is 2.24. The zero-order valence-corrected chi connectivity index (χ0v) is 37.3. The zero-order valence-electron chi connectivity index (χ0n) is 36.5.